The Balaban J connectivity index is 0.00000261. The van der Waals surface area contributed by atoms with E-state index in [9.17, 15) is 4.79 Å². The number of nitrogens with two attached hydrogens (primary N) is 1. The van der Waals surface area contributed by atoms with Crippen molar-refractivity contribution in [3.8, 4) is 0 Å². The molecule has 0 heterocycles. The predicted octanol–water partition coefficient (Wildman–Crippen LogP) is 4.29. The molecule has 0 bridgehead atoms. The highest BCUT2D eigenvalue weighted by atomic mass is 35.5. The quantitative estimate of drug-likeness (QED) is 0.745. The number of carbonyl (C=O) groups is 1. The smallest absolute Gasteiger partial charge is 0.220 e. The van der Waals surface area contributed by atoms with Crippen molar-refractivity contribution in [3.63, 3.8) is 0 Å². The number of nitrogens with one attached hydrogen (secondary N) is 1. The van der Waals surface area contributed by atoms with Gasteiger partial charge >= 0.3 is 0 Å². The van der Waals surface area contributed by atoms with E-state index < -0.39 is 0 Å². The Kier molecular flexibility index (Phi) is 8.83. The maximum Gasteiger partial charge on any atom is 0.220 e. The molecule has 3 N–H and O–H groups in total. The van der Waals surface area contributed by atoms with Crippen LogP contribution in [0, 0.1) is 5.92 Å². The minimum Gasteiger partial charge on any atom is -0.353 e. The van der Waals surface area contributed by atoms with Gasteiger partial charge in [0.15, 0.2) is 0 Å². The van der Waals surface area contributed by atoms with E-state index in [1.165, 1.54) is 11.1 Å². The van der Waals surface area contributed by atoms with Crippen molar-refractivity contribution < 1.29 is 4.79 Å². The fourth-order valence-corrected chi connectivity index (χ4v) is 3.92. The minimum atomic E-state index is 0. The Morgan fingerprint density at radius 1 is 0.889 bits per heavy atom. The molecule has 0 unspecified atom stereocenters. The molecule has 1 aliphatic carbocycles. The topological polar surface area (TPSA) is 55.1 Å². The van der Waals surface area contributed by atoms with Crippen LogP contribution in [0.3, 0.4) is 0 Å². The van der Waals surface area contributed by atoms with Gasteiger partial charge in [-0.1, -0.05) is 60.7 Å². The van der Waals surface area contributed by atoms with Crippen LogP contribution >= 0.6 is 12.4 Å². The van der Waals surface area contributed by atoms with Gasteiger partial charge in [-0.2, -0.15) is 0 Å². The first-order valence-corrected chi connectivity index (χ1v) is 9.82. The van der Waals surface area contributed by atoms with Gasteiger partial charge < -0.3 is 11.1 Å². The average molecular weight is 387 g/mol. The first kappa shape index (κ1) is 21.5. The van der Waals surface area contributed by atoms with E-state index in [0.29, 0.717) is 24.4 Å². The third-order valence-electron chi connectivity index (χ3n) is 5.35. The lowest BCUT2D eigenvalue weighted by Gasteiger charge is -2.27. The zero-order valence-electron chi connectivity index (χ0n) is 15.8. The van der Waals surface area contributed by atoms with Crippen LogP contribution in [-0.4, -0.2) is 18.0 Å². The summed E-state index contributed by atoms with van der Waals surface area (Å²) in [5.41, 5.74) is 8.56. The summed E-state index contributed by atoms with van der Waals surface area (Å²) in [4.78, 5) is 12.6. The maximum absolute atomic E-state index is 12.6. The van der Waals surface area contributed by atoms with Crippen LogP contribution in [0.4, 0.5) is 0 Å². The lowest BCUT2D eigenvalue weighted by atomic mass is 9.88. The Labute approximate surface area is 169 Å². The third-order valence-corrected chi connectivity index (χ3v) is 5.35. The fraction of sp³-hybridized carbons (Fsp3) is 0.435. The van der Waals surface area contributed by atoms with E-state index in [0.717, 1.165) is 38.5 Å². The molecule has 0 radical (unpaired) electrons. The van der Waals surface area contributed by atoms with E-state index in [1.807, 2.05) is 12.1 Å². The summed E-state index contributed by atoms with van der Waals surface area (Å²) in [6, 6.07) is 21.6. The second-order valence-corrected chi connectivity index (χ2v) is 7.63. The van der Waals surface area contributed by atoms with E-state index in [-0.39, 0.29) is 18.3 Å². The van der Waals surface area contributed by atoms with Crippen LogP contribution in [0.25, 0.3) is 0 Å². The highest BCUT2D eigenvalue weighted by molar-refractivity contribution is 5.85. The van der Waals surface area contributed by atoms with Gasteiger partial charge in [-0.3, -0.25) is 4.79 Å². The van der Waals surface area contributed by atoms with Crippen molar-refractivity contribution >= 4 is 18.3 Å². The summed E-state index contributed by atoms with van der Waals surface area (Å²) in [6.07, 6.45) is 6.48. The molecular formula is C23H31ClN2O. The average Bonchev–Trinajstić information content (AvgIpc) is 2.65. The van der Waals surface area contributed by atoms with Crippen LogP contribution in [0.2, 0.25) is 0 Å². The summed E-state index contributed by atoms with van der Waals surface area (Å²) in [5.74, 6) is 0.494. The summed E-state index contributed by atoms with van der Waals surface area (Å²) in [7, 11) is 0. The van der Waals surface area contributed by atoms with Gasteiger partial charge in [0.2, 0.25) is 5.91 Å². The number of rotatable bonds is 7. The monoisotopic (exact) mass is 386 g/mol. The largest absolute Gasteiger partial charge is 0.353 e. The zero-order chi connectivity index (χ0) is 18.2. The summed E-state index contributed by atoms with van der Waals surface area (Å²) < 4.78 is 0. The number of hydrogen-bond donors (Lipinski definition) is 2. The second kappa shape index (κ2) is 11.1. The zero-order valence-corrected chi connectivity index (χ0v) is 16.7. The summed E-state index contributed by atoms with van der Waals surface area (Å²) >= 11 is 0. The van der Waals surface area contributed by atoms with Crippen LogP contribution in [0.15, 0.2) is 60.7 Å². The van der Waals surface area contributed by atoms with Gasteiger partial charge in [0.05, 0.1) is 0 Å². The molecule has 3 nitrogen and oxygen atoms in total. The van der Waals surface area contributed by atoms with Gasteiger partial charge in [-0.05, 0) is 55.6 Å². The van der Waals surface area contributed by atoms with Gasteiger partial charge in [0.1, 0.15) is 0 Å². The maximum atomic E-state index is 12.6. The molecule has 0 aliphatic heterocycles. The van der Waals surface area contributed by atoms with E-state index in [4.69, 9.17) is 5.73 Å². The standard InChI is InChI=1S/C23H30N2O.ClH/c24-21-11-13-22(14-12-21)25-23(26)17-20(15-18-7-3-1-4-8-18)16-19-9-5-2-6-10-19;/h1-10,20-22H,11-17,24H2,(H,25,26);1H. The molecule has 0 aromatic heterocycles. The molecule has 1 saturated carbocycles. The Morgan fingerprint density at radius 2 is 1.37 bits per heavy atom. The van der Waals surface area contributed by atoms with Crippen molar-refractivity contribution in [2.75, 3.05) is 0 Å². The Morgan fingerprint density at radius 3 is 1.85 bits per heavy atom. The van der Waals surface area contributed by atoms with Crippen molar-refractivity contribution in [2.24, 2.45) is 11.7 Å². The van der Waals surface area contributed by atoms with Crippen LogP contribution < -0.4 is 11.1 Å². The number of halogens is 1. The molecule has 27 heavy (non-hydrogen) atoms. The Hall–Kier alpha value is -1.84. The molecule has 1 amide bonds. The highest BCUT2D eigenvalue weighted by Gasteiger charge is 2.22. The van der Waals surface area contributed by atoms with Gasteiger partial charge in [-0.15, -0.1) is 12.4 Å². The predicted molar refractivity (Wildman–Crippen MR) is 114 cm³/mol. The van der Waals surface area contributed by atoms with Crippen molar-refractivity contribution in [2.45, 2.75) is 57.0 Å². The minimum absolute atomic E-state index is 0. The van der Waals surface area contributed by atoms with Gasteiger partial charge in [0.25, 0.3) is 0 Å². The molecular weight excluding hydrogens is 356 g/mol. The number of benzene rings is 2. The molecule has 4 heteroatoms. The summed E-state index contributed by atoms with van der Waals surface area (Å²) in [6.45, 7) is 0. The van der Waals surface area contributed by atoms with Crippen LogP contribution in [-0.2, 0) is 17.6 Å². The second-order valence-electron chi connectivity index (χ2n) is 7.63. The van der Waals surface area contributed by atoms with Gasteiger partial charge in [-0.25, -0.2) is 0 Å². The molecule has 2 aromatic rings. The lowest BCUT2D eigenvalue weighted by Crippen LogP contribution is -2.41. The van der Waals surface area contributed by atoms with E-state index >= 15 is 0 Å². The summed E-state index contributed by atoms with van der Waals surface area (Å²) in [5, 5.41) is 3.25. The SMILES string of the molecule is Cl.NC1CCC(NC(=O)CC(Cc2ccccc2)Cc2ccccc2)CC1. The molecule has 2 aromatic carbocycles. The first-order valence-electron chi connectivity index (χ1n) is 9.82. The van der Waals surface area contributed by atoms with Crippen molar-refractivity contribution in [1.82, 2.24) is 5.32 Å². The number of hydrogen-bond acceptors (Lipinski definition) is 2. The highest BCUT2D eigenvalue weighted by Crippen LogP contribution is 2.20. The van der Waals surface area contributed by atoms with E-state index in [1.54, 1.807) is 0 Å². The molecule has 1 fully saturated rings. The fourth-order valence-electron chi connectivity index (χ4n) is 3.92. The molecule has 146 valence electrons. The third kappa shape index (κ3) is 7.36. The van der Waals surface area contributed by atoms with Crippen molar-refractivity contribution in [3.05, 3.63) is 71.8 Å². The molecule has 0 atom stereocenters. The molecule has 1 aliphatic rings. The normalized spacial score (nSPS) is 19.3. The first-order chi connectivity index (χ1) is 12.7. The molecule has 0 spiro atoms. The molecule has 3 rings (SSSR count). The number of amides is 1. The lowest BCUT2D eigenvalue weighted by molar-refractivity contribution is -0.122. The van der Waals surface area contributed by atoms with Crippen molar-refractivity contribution in [1.29, 1.82) is 0 Å². The van der Waals surface area contributed by atoms with E-state index in [2.05, 4.69) is 53.8 Å². The number of carbonyl (C=O) groups excluding carboxylic acids is 1. The molecule has 0 saturated heterocycles. The van der Waals surface area contributed by atoms with Crippen LogP contribution in [0.1, 0.15) is 43.2 Å². The van der Waals surface area contributed by atoms with Crippen LogP contribution in [0.5, 0.6) is 0 Å². The van der Waals surface area contributed by atoms with Gasteiger partial charge in [0, 0.05) is 18.5 Å². The Bertz CT molecular complexity index is 628.